The Bertz CT molecular complexity index is 629. The fourth-order valence-corrected chi connectivity index (χ4v) is 2.27. The lowest BCUT2D eigenvalue weighted by Crippen LogP contribution is -2.34. The van der Waals surface area contributed by atoms with Crippen molar-refractivity contribution < 1.29 is 0 Å². The summed E-state index contributed by atoms with van der Waals surface area (Å²) in [5, 5.41) is 8.64. The van der Waals surface area contributed by atoms with Gasteiger partial charge in [0.2, 0.25) is 0 Å². The van der Waals surface area contributed by atoms with E-state index in [9.17, 15) is 0 Å². The van der Waals surface area contributed by atoms with Crippen molar-refractivity contribution in [1.82, 2.24) is 10.6 Å². The highest BCUT2D eigenvalue weighted by atomic mass is 35.5. The Balaban J connectivity index is 1.79. The Labute approximate surface area is 144 Å². The minimum Gasteiger partial charge on any atom is -0.359 e. The van der Waals surface area contributed by atoms with Gasteiger partial charge >= 0.3 is 0 Å². The first-order valence-electron chi connectivity index (χ1n) is 6.24. The summed E-state index contributed by atoms with van der Waals surface area (Å²) in [7, 11) is 0. The van der Waals surface area contributed by atoms with Gasteiger partial charge in [0.25, 0.3) is 0 Å². The maximum atomic E-state index is 5.96. The third kappa shape index (κ3) is 5.36. The van der Waals surface area contributed by atoms with Crippen molar-refractivity contribution in [2.24, 2.45) is 0 Å². The van der Waals surface area contributed by atoms with Gasteiger partial charge in [0.05, 0.1) is 10.0 Å². The van der Waals surface area contributed by atoms with Crippen molar-refractivity contribution in [3.8, 4) is 0 Å². The number of nitrogens with one attached hydrogen (secondary N) is 2. The molecule has 0 atom stereocenters. The average molecular weight is 360 g/mol. The number of benzene rings is 2. The molecule has 0 spiro atoms. The molecule has 21 heavy (non-hydrogen) atoms. The van der Waals surface area contributed by atoms with Crippen LogP contribution < -0.4 is 10.6 Å². The number of thiocarbonyl (C=S) groups is 1. The Morgan fingerprint density at radius 2 is 1.38 bits per heavy atom. The summed E-state index contributed by atoms with van der Waals surface area (Å²) in [5.41, 5.74) is 2.12. The van der Waals surface area contributed by atoms with E-state index in [1.54, 1.807) is 6.07 Å². The average Bonchev–Trinajstić information content (AvgIpc) is 2.48. The van der Waals surface area contributed by atoms with E-state index in [1.807, 2.05) is 36.4 Å². The Morgan fingerprint density at radius 3 is 2.00 bits per heavy atom. The molecule has 2 nitrogen and oxygen atoms in total. The fourth-order valence-electron chi connectivity index (χ4n) is 1.68. The maximum absolute atomic E-state index is 5.96. The van der Waals surface area contributed by atoms with Crippen LogP contribution in [-0.2, 0) is 13.1 Å². The van der Waals surface area contributed by atoms with E-state index < -0.39 is 0 Å². The first-order chi connectivity index (χ1) is 10.0. The summed E-state index contributed by atoms with van der Waals surface area (Å²) in [4.78, 5) is 0. The van der Waals surface area contributed by atoms with Gasteiger partial charge < -0.3 is 10.6 Å². The standard InChI is InChI=1S/C15H13Cl3N2S/c16-12-4-1-10(2-5-12)8-19-15(21)20-9-11-3-6-13(17)14(18)7-11/h1-7H,8-9H2,(H2,19,20,21). The van der Waals surface area contributed by atoms with Gasteiger partial charge in [-0.05, 0) is 47.6 Å². The van der Waals surface area contributed by atoms with Gasteiger partial charge in [-0.1, -0.05) is 53.0 Å². The lowest BCUT2D eigenvalue weighted by atomic mass is 10.2. The van der Waals surface area contributed by atoms with Crippen LogP contribution in [0.5, 0.6) is 0 Å². The van der Waals surface area contributed by atoms with Crippen LogP contribution in [0.3, 0.4) is 0 Å². The Morgan fingerprint density at radius 1 is 0.810 bits per heavy atom. The van der Waals surface area contributed by atoms with Crippen LogP contribution in [0, 0.1) is 0 Å². The van der Waals surface area contributed by atoms with Gasteiger partial charge in [0.15, 0.2) is 5.11 Å². The summed E-state index contributed by atoms with van der Waals surface area (Å²) < 4.78 is 0. The Hall–Kier alpha value is -1.000. The van der Waals surface area contributed by atoms with E-state index in [-0.39, 0.29) is 0 Å². The molecule has 2 aromatic rings. The zero-order valence-electron chi connectivity index (χ0n) is 11.0. The molecular weight excluding hydrogens is 347 g/mol. The topological polar surface area (TPSA) is 24.1 Å². The minimum absolute atomic E-state index is 0.538. The zero-order valence-corrected chi connectivity index (χ0v) is 14.1. The monoisotopic (exact) mass is 358 g/mol. The van der Waals surface area contributed by atoms with Crippen molar-refractivity contribution in [2.45, 2.75) is 13.1 Å². The summed E-state index contributed by atoms with van der Waals surface area (Å²) in [6, 6.07) is 13.1. The minimum atomic E-state index is 0.538. The van der Waals surface area contributed by atoms with E-state index >= 15 is 0 Å². The Kier molecular flexibility index (Phi) is 6.12. The predicted octanol–water partition coefficient (Wildman–Crippen LogP) is 4.81. The highest BCUT2D eigenvalue weighted by molar-refractivity contribution is 7.80. The first kappa shape index (κ1) is 16.4. The van der Waals surface area contributed by atoms with Gasteiger partial charge in [0, 0.05) is 18.1 Å². The second-order valence-electron chi connectivity index (χ2n) is 4.41. The normalized spacial score (nSPS) is 10.2. The summed E-state index contributed by atoms with van der Waals surface area (Å²) in [6.45, 7) is 1.23. The summed E-state index contributed by atoms with van der Waals surface area (Å²) in [5.74, 6) is 0. The van der Waals surface area contributed by atoms with Gasteiger partial charge in [0.1, 0.15) is 0 Å². The molecule has 0 aromatic heterocycles. The molecule has 0 aliphatic heterocycles. The molecular formula is C15H13Cl3N2S. The first-order valence-corrected chi connectivity index (χ1v) is 7.79. The second kappa shape index (κ2) is 7.85. The number of halogens is 3. The molecule has 2 aromatic carbocycles. The van der Waals surface area contributed by atoms with Gasteiger partial charge in [-0.3, -0.25) is 0 Å². The molecule has 2 N–H and O–H groups in total. The van der Waals surface area contributed by atoms with Crippen LogP contribution in [0.4, 0.5) is 0 Å². The van der Waals surface area contributed by atoms with E-state index in [0.29, 0.717) is 28.2 Å². The molecule has 0 saturated heterocycles. The molecule has 0 fully saturated rings. The largest absolute Gasteiger partial charge is 0.359 e. The van der Waals surface area contributed by atoms with E-state index in [4.69, 9.17) is 47.0 Å². The van der Waals surface area contributed by atoms with Crippen molar-refractivity contribution >= 4 is 52.1 Å². The van der Waals surface area contributed by atoms with Crippen molar-refractivity contribution in [3.63, 3.8) is 0 Å². The van der Waals surface area contributed by atoms with Crippen molar-refractivity contribution in [1.29, 1.82) is 0 Å². The maximum Gasteiger partial charge on any atom is 0.166 e. The van der Waals surface area contributed by atoms with Gasteiger partial charge in [-0.15, -0.1) is 0 Å². The molecule has 0 heterocycles. The third-order valence-electron chi connectivity index (χ3n) is 2.80. The number of hydrogen-bond acceptors (Lipinski definition) is 1. The molecule has 0 bridgehead atoms. The fraction of sp³-hybridized carbons (Fsp3) is 0.133. The quantitative estimate of drug-likeness (QED) is 0.766. The lowest BCUT2D eigenvalue weighted by molar-refractivity contribution is 0.833. The van der Waals surface area contributed by atoms with Crippen LogP contribution in [0.15, 0.2) is 42.5 Å². The van der Waals surface area contributed by atoms with Crippen LogP contribution in [0.1, 0.15) is 11.1 Å². The lowest BCUT2D eigenvalue weighted by Gasteiger charge is -2.11. The van der Waals surface area contributed by atoms with Crippen LogP contribution in [-0.4, -0.2) is 5.11 Å². The molecule has 0 unspecified atom stereocenters. The number of rotatable bonds is 4. The summed E-state index contributed by atoms with van der Waals surface area (Å²) >= 11 is 22.9. The molecule has 0 saturated carbocycles. The molecule has 110 valence electrons. The van der Waals surface area contributed by atoms with Crippen LogP contribution in [0.2, 0.25) is 15.1 Å². The molecule has 6 heteroatoms. The van der Waals surface area contributed by atoms with Crippen LogP contribution >= 0.6 is 47.0 Å². The molecule has 0 aliphatic carbocycles. The van der Waals surface area contributed by atoms with Gasteiger partial charge in [-0.25, -0.2) is 0 Å². The smallest absolute Gasteiger partial charge is 0.166 e. The van der Waals surface area contributed by atoms with E-state index in [1.165, 1.54) is 0 Å². The van der Waals surface area contributed by atoms with Gasteiger partial charge in [-0.2, -0.15) is 0 Å². The second-order valence-corrected chi connectivity index (χ2v) is 6.07. The summed E-state index contributed by atoms with van der Waals surface area (Å²) in [6.07, 6.45) is 0. The SMILES string of the molecule is S=C(NCc1ccc(Cl)cc1)NCc1ccc(Cl)c(Cl)c1. The predicted molar refractivity (Wildman–Crippen MR) is 94.2 cm³/mol. The molecule has 0 aliphatic rings. The van der Waals surface area contributed by atoms with E-state index in [2.05, 4.69) is 10.6 Å². The zero-order chi connectivity index (χ0) is 15.2. The molecule has 0 radical (unpaired) electrons. The highest BCUT2D eigenvalue weighted by Crippen LogP contribution is 2.22. The number of hydrogen-bond donors (Lipinski definition) is 2. The highest BCUT2D eigenvalue weighted by Gasteiger charge is 2.01. The molecule has 2 rings (SSSR count). The van der Waals surface area contributed by atoms with Crippen molar-refractivity contribution in [2.75, 3.05) is 0 Å². The third-order valence-corrected chi connectivity index (χ3v) is 4.08. The van der Waals surface area contributed by atoms with E-state index in [0.717, 1.165) is 16.1 Å². The van der Waals surface area contributed by atoms with Crippen LogP contribution in [0.25, 0.3) is 0 Å². The van der Waals surface area contributed by atoms with Crippen molar-refractivity contribution in [3.05, 3.63) is 68.7 Å². The molecule has 0 amide bonds.